The fourth-order valence-electron chi connectivity index (χ4n) is 1.88. The maximum atomic E-state index is 12.6. The molecule has 0 aliphatic carbocycles. The number of aromatic nitrogens is 1. The molecule has 2 N–H and O–H groups in total. The number of halogens is 1. The highest BCUT2D eigenvalue weighted by atomic mass is 79.9. The first-order chi connectivity index (χ1) is 9.73. The monoisotopic (exact) mass is 373 g/mol. The molecule has 6 nitrogen and oxygen atoms in total. The Labute approximate surface area is 132 Å². The normalized spacial score (nSPS) is 12.0. The Morgan fingerprint density at radius 2 is 2.05 bits per heavy atom. The zero-order valence-corrected chi connectivity index (χ0v) is 14.3. The number of aryl methyl sites for hydroxylation is 2. The Balaban J connectivity index is 2.32. The summed E-state index contributed by atoms with van der Waals surface area (Å²) >= 11 is 3.24. The number of anilines is 1. The van der Waals surface area contributed by atoms with Crippen molar-refractivity contribution in [1.82, 2.24) is 9.46 Å². The van der Waals surface area contributed by atoms with Gasteiger partial charge in [0.2, 0.25) is 10.0 Å². The quantitative estimate of drug-likeness (QED) is 0.831. The van der Waals surface area contributed by atoms with Gasteiger partial charge in [0, 0.05) is 29.3 Å². The van der Waals surface area contributed by atoms with Crippen molar-refractivity contribution < 1.29 is 12.9 Å². The van der Waals surface area contributed by atoms with Crippen LogP contribution in [0.15, 0.2) is 32.1 Å². The van der Waals surface area contributed by atoms with E-state index in [1.54, 1.807) is 19.9 Å². The number of nitrogen functional groups attached to an aromatic ring is 1. The average Bonchev–Trinajstić information content (AvgIpc) is 2.73. The molecule has 0 spiro atoms. The van der Waals surface area contributed by atoms with Crippen molar-refractivity contribution in [3.05, 3.63) is 39.7 Å². The number of benzene rings is 1. The number of nitrogens with two attached hydrogens (primary N) is 1. The van der Waals surface area contributed by atoms with Gasteiger partial charge in [0.05, 0.1) is 10.6 Å². The van der Waals surface area contributed by atoms with Crippen molar-refractivity contribution in [2.75, 3.05) is 12.8 Å². The minimum atomic E-state index is -3.61. The molecule has 0 amide bonds. The summed E-state index contributed by atoms with van der Waals surface area (Å²) in [5.74, 6) is 0.619. The van der Waals surface area contributed by atoms with E-state index < -0.39 is 10.0 Å². The van der Waals surface area contributed by atoms with Crippen LogP contribution in [0.2, 0.25) is 0 Å². The zero-order chi connectivity index (χ0) is 15.8. The molecule has 0 atom stereocenters. The third-order valence-corrected chi connectivity index (χ3v) is 5.73. The van der Waals surface area contributed by atoms with Gasteiger partial charge in [-0.15, -0.1) is 0 Å². The second-order valence-corrected chi connectivity index (χ2v) is 7.65. The number of rotatable bonds is 4. The first-order valence-electron chi connectivity index (χ1n) is 6.16. The lowest BCUT2D eigenvalue weighted by molar-refractivity contribution is 0.390. The number of sulfonamides is 1. The molecule has 0 bridgehead atoms. The van der Waals surface area contributed by atoms with Crippen LogP contribution in [0.1, 0.15) is 17.0 Å². The fraction of sp³-hybridized carbons (Fsp3) is 0.308. The van der Waals surface area contributed by atoms with E-state index in [4.69, 9.17) is 10.3 Å². The summed E-state index contributed by atoms with van der Waals surface area (Å²) in [4.78, 5) is 0.179. The lowest BCUT2D eigenvalue weighted by Gasteiger charge is -2.17. The highest BCUT2D eigenvalue weighted by molar-refractivity contribution is 9.10. The molecule has 0 radical (unpaired) electrons. The van der Waals surface area contributed by atoms with E-state index in [-0.39, 0.29) is 11.4 Å². The summed E-state index contributed by atoms with van der Waals surface area (Å²) < 4.78 is 32.0. The second kappa shape index (κ2) is 5.78. The van der Waals surface area contributed by atoms with Crippen molar-refractivity contribution in [3.63, 3.8) is 0 Å². The maximum Gasteiger partial charge on any atom is 0.243 e. The van der Waals surface area contributed by atoms with Gasteiger partial charge in [0.1, 0.15) is 5.76 Å². The van der Waals surface area contributed by atoms with Crippen molar-refractivity contribution in [3.8, 4) is 0 Å². The SMILES string of the molecule is Cc1noc(C)c1CN(C)S(=O)(=O)c1ccc(N)c(Br)c1. The van der Waals surface area contributed by atoms with Crippen LogP contribution in [-0.2, 0) is 16.6 Å². The Kier molecular flexibility index (Phi) is 4.40. The van der Waals surface area contributed by atoms with E-state index >= 15 is 0 Å². The van der Waals surface area contributed by atoms with Gasteiger partial charge in [-0.2, -0.15) is 4.31 Å². The smallest absolute Gasteiger partial charge is 0.243 e. The van der Waals surface area contributed by atoms with Crippen LogP contribution in [0.3, 0.4) is 0 Å². The molecule has 1 aromatic carbocycles. The summed E-state index contributed by atoms with van der Waals surface area (Å²) in [5.41, 5.74) is 7.63. The molecule has 0 fully saturated rings. The predicted molar refractivity (Wildman–Crippen MR) is 83.2 cm³/mol. The third kappa shape index (κ3) is 3.12. The van der Waals surface area contributed by atoms with E-state index in [1.807, 2.05) is 0 Å². The molecule has 1 heterocycles. The van der Waals surface area contributed by atoms with Gasteiger partial charge < -0.3 is 10.3 Å². The number of nitrogens with zero attached hydrogens (tertiary/aromatic N) is 2. The van der Waals surface area contributed by atoms with Crippen LogP contribution < -0.4 is 5.73 Å². The Hall–Kier alpha value is -1.38. The molecule has 2 rings (SSSR count). The lowest BCUT2D eigenvalue weighted by Crippen LogP contribution is -2.27. The summed E-state index contributed by atoms with van der Waals surface area (Å²) in [6.07, 6.45) is 0. The van der Waals surface area contributed by atoms with Crippen LogP contribution in [0.4, 0.5) is 5.69 Å². The van der Waals surface area contributed by atoms with Crippen LogP contribution in [0.5, 0.6) is 0 Å². The summed E-state index contributed by atoms with van der Waals surface area (Å²) in [7, 11) is -2.09. The number of hydrogen-bond acceptors (Lipinski definition) is 5. The molecule has 1 aromatic heterocycles. The highest BCUT2D eigenvalue weighted by Gasteiger charge is 2.24. The molecule has 8 heteroatoms. The van der Waals surface area contributed by atoms with Crippen LogP contribution in [0.25, 0.3) is 0 Å². The maximum absolute atomic E-state index is 12.6. The van der Waals surface area contributed by atoms with Crippen molar-refractivity contribution in [2.45, 2.75) is 25.3 Å². The highest BCUT2D eigenvalue weighted by Crippen LogP contribution is 2.26. The molecular weight excluding hydrogens is 358 g/mol. The molecule has 0 saturated heterocycles. The molecule has 0 unspecified atom stereocenters. The minimum absolute atomic E-state index is 0.179. The molecule has 0 aliphatic heterocycles. The summed E-state index contributed by atoms with van der Waals surface area (Å²) in [5, 5.41) is 3.83. The van der Waals surface area contributed by atoms with Crippen LogP contribution in [0, 0.1) is 13.8 Å². The Morgan fingerprint density at radius 3 is 2.57 bits per heavy atom. The molecule has 2 aromatic rings. The summed E-state index contributed by atoms with van der Waals surface area (Å²) in [6, 6.07) is 4.54. The Morgan fingerprint density at radius 1 is 1.38 bits per heavy atom. The van der Waals surface area contributed by atoms with Crippen LogP contribution in [-0.4, -0.2) is 24.9 Å². The van der Waals surface area contributed by atoms with Gasteiger partial charge in [-0.05, 0) is 48.0 Å². The fourth-order valence-corrected chi connectivity index (χ4v) is 3.58. The van der Waals surface area contributed by atoms with Crippen molar-refractivity contribution in [1.29, 1.82) is 0 Å². The van der Waals surface area contributed by atoms with E-state index in [2.05, 4.69) is 21.1 Å². The lowest BCUT2D eigenvalue weighted by atomic mass is 10.2. The minimum Gasteiger partial charge on any atom is -0.398 e. The first kappa shape index (κ1) is 16.0. The van der Waals surface area contributed by atoms with Crippen molar-refractivity contribution >= 4 is 31.6 Å². The van der Waals surface area contributed by atoms with Gasteiger partial charge in [0.25, 0.3) is 0 Å². The van der Waals surface area contributed by atoms with E-state index in [0.717, 1.165) is 5.56 Å². The van der Waals surface area contributed by atoms with E-state index in [0.29, 0.717) is 21.6 Å². The average molecular weight is 374 g/mol. The van der Waals surface area contributed by atoms with Gasteiger partial charge in [-0.3, -0.25) is 0 Å². The second-order valence-electron chi connectivity index (χ2n) is 4.75. The van der Waals surface area contributed by atoms with Gasteiger partial charge in [-0.1, -0.05) is 5.16 Å². The van der Waals surface area contributed by atoms with Crippen molar-refractivity contribution in [2.24, 2.45) is 0 Å². The molecule has 0 aliphatic rings. The van der Waals surface area contributed by atoms with Gasteiger partial charge >= 0.3 is 0 Å². The largest absolute Gasteiger partial charge is 0.398 e. The third-order valence-electron chi connectivity index (χ3n) is 3.24. The molecular formula is C13H16BrN3O3S. The summed E-state index contributed by atoms with van der Waals surface area (Å²) in [6.45, 7) is 3.74. The predicted octanol–water partition coefficient (Wildman–Crippen LogP) is 2.46. The van der Waals surface area contributed by atoms with Gasteiger partial charge in [0.15, 0.2) is 0 Å². The van der Waals surface area contributed by atoms with E-state index in [1.165, 1.54) is 23.5 Å². The number of hydrogen-bond donors (Lipinski definition) is 1. The standard InChI is InChI=1S/C13H16BrN3O3S/c1-8-11(9(2)20-16-8)7-17(3)21(18,19)10-4-5-13(15)12(14)6-10/h4-6H,7,15H2,1-3H3. The topological polar surface area (TPSA) is 89.4 Å². The molecule has 0 saturated carbocycles. The Bertz CT molecular complexity index is 751. The first-order valence-corrected chi connectivity index (χ1v) is 8.40. The van der Waals surface area contributed by atoms with E-state index in [9.17, 15) is 8.42 Å². The van der Waals surface area contributed by atoms with Crippen LogP contribution >= 0.6 is 15.9 Å². The zero-order valence-electron chi connectivity index (χ0n) is 11.9. The molecule has 114 valence electrons. The van der Waals surface area contributed by atoms with Gasteiger partial charge in [-0.25, -0.2) is 8.42 Å². The molecule has 21 heavy (non-hydrogen) atoms.